The molecule has 12 N–H and O–H groups in total. The summed E-state index contributed by atoms with van der Waals surface area (Å²) in [5.74, 6) is -2.91. The number of carboxylic acid groups (broad SMARTS) is 1. The van der Waals surface area contributed by atoms with Crippen LogP contribution in [0.5, 0.6) is 0 Å². The largest absolute Gasteiger partial charge is 0.480 e. The second-order valence-corrected chi connectivity index (χ2v) is 9.04. The molecule has 0 saturated carbocycles. The molecule has 0 aromatic rings. The van der Waals surface area contributed by atoms with Crippen molar-refractivity contribution in [1.29, 1.82) is 0 Å². The topological polar surface area (TPSA) is 241 Å². The Bertz CT molecular complexity index is 718. The van der Waals surface area contributed by atoms with E-state index in [0.29, 0.717) is 32.2 Å². The van der Waals surface area contributed by atoms with Crippen molar-refractivity contribution in [2.45, 2.75) is 76.5 Å². The van der Waals surface area contributed by atoms with Gasteiger partial charge in [0, 0.05) is 12.3 Å². The van der Waals surface area contributed by atoms with Crippen LogP contribution in [0.1, 0.15) is 52.4 Å². The Kier molecular flexibility index (Phi) is 16.5. The molecule has 0 radical (unpaired) electrons. The van der Waals surface area contributed by atoms with E-state index in [2.05, 4.69) is 33.6 Å². The van der Waals surface area contributed by atoms with Gasteiger partial charge in [0.25, 0.3) is 0 Å². The number of thiol groups is 1. The number of hydrogen-bond donors (Lipinski definition) is 9. The number of nitrogens with zero attached hydrogens (tertiary/aromatic N) is 1. The van der Waals surface area contributed by atoms with Gasteiger partial charge in [0.15, 0.2) is 5.96 Å². The number of aliphatic carboxylic acids is 1. The first-order chi connectivity index (χ1) is 16.4. The molecule has 0 aliphatic carbocycles. The zero-order valence-corrected chi connectivity index (χ0v) is 21.4. The molecule has 4 atom stereocenters. The van der Waals surface area contributed by atoms with E-state index in [9.17, 15) is 24.3 Å². The number of carboxylic acids is 1. The monoisotopic (exact) mass is 518 g/mol. The van der Waals surface area contributed by atoms with Crippen LogP contribution in [0.4, 0.5) is 0 Å². The summed E-state index contributed by atoms with van der Waals surface area (Å²) in [7, 11) is 0. The summed E-state index contributed by atoms with van der Waals surface area (Å²) in [5, 5.41) is 17.2. The average Bonchev–Trinajstić information content (AvgIpc) is 2.78. The maximum absolute atomic E-state index is 13.0. The van der Waals surface area contributed by atoms with Crippen LogP contribution < -0.4 is 38.9 Å². The maximum atomic E-state index is 13.0. The molecule has 0 spiro atoms. The second-order valence-electron chi connectivity index (χ2n) is 8.67. The molecule has 0 bridgehead atoms. The predicted octanol–water partition coefficient (Wildman–Crippen LogP) is -1.99. The van der Waals surface area contributed by atoms with E-state index < -0.39 is 47.9 Å². The lowest BCUT2D eigenvalue weighted by Crippen LogP contribution is -2.57. The van der Waals surface area contributed by atoms with E-state index >= 15 is 0 Å². The van der Waals surface area contributed by atoms with Gasteiger partial charge in [-0.1, -0.05) is 13.8 Å². The maximum Gasteiger partial charge on any atom is 0.326 e. The van der Waals surface area contributed by atoms with Crippen molar-refractivity contribution in [1.82, 2.24) is 16.0 Å². The van der Waals surface area contributed by atoms with Crippen LogP contribution in [0.3, 0.4) is 0 Å². The summed E-state index contributed by atoms with van der Waals surface area (Å²) >= 11 is 4.00. The van der Waals surface area contributed by atoms with Crippen molar-refractivity contribution >= 4 is 42.3 Å². The lowest BCUT2D eigenvalue weighted by Gasteiger charge is -2.26. The minimum atomic E-state index is -1.22. The number of nitrogens with one attached hydrogen (secondary N) is 3. The fourth-order valence-electron chi connectivity index (χ4n) is 3.13. The first-order valence-electron chi connectivity index (χ1n) is 11.7. The SMILES string of the molecule is CC(C)CC(NC(=O)C(N)CS)C(=O)NC(CCCCN)C(=O)NC(CCCN=C(N)N)C(=O)O. The third-order valence-corrected chi connectivity index (χ3v) is 5.41. The summed E-state index contributed by atoms with van der Waals surface area (Å²) in [4.78, 5) is 53.6. The standard InChI is InChI=1S/C21H42N8O5S/c1-12(2)10-16(29-17(30)13(23)11-35)19(32)27-14(6-3-4-8-22)18(31)28-15(20(33)34)7-5-9-26-21(24)25/h12-16,35H,3-11,22-23H2,1-2H3,(H,27,32)(H,28,31)(H,29,30)(H,33,34)(H4,24,25,26). The summed E-state index contributed by atoms with van der Waals surface area (Å²) in [5.41, 5.74) is 21.8. The Balaban J connectivity index is 5.44. The number of hydrogen-bond acceptors (Lipinski definition) is 8. The molecule has 4 unspecified atom stereocenters. The molecule has 0 aromatic heterocycles. The van der Waals surface area contributed by atoms with Gasteiger partial charge in [0.05, 0.1) is 6.04 Å². The number of nitrogens with two attached hydrogens (primary N) is 4. The summed E-state index contributed by atoms with van der Waals surface area (Å²) in [6.07, 6.45) is 2.12. The van der Waals surface area contributed by atoms with E-state index in [1.165, 1.54) is 0 Å². The molecule has 14 heteroatoms. The van der Waals surface area contributed by atoms with Gasteiger partial charge in [0.2, 0.25) is 17.7 Å². The van der Waals surface area contributed by atoms with Gasteiger partial charge in [-0.05, 0) is 51.0 Å². The minimum absolute atomic E-state index is 0.0596. The van der Waals surface area contributed by atoms with Crippen LogP contribution in [-0.2, 0) is 19.2 Å². The Morgan fingerprint density at radius 2 is 1.43 bits per heavy atom. The van der Waals surface area contributed by atoms with Crippen molar-refractivity contribution in [2.75, 3.05) is 18.8 Å². The fraction of sp³-hybridized carbons (Fsp3) is 0.762. The van der Waals surface area contributed by atoms with E-state index in [1.807, 2.05) is 13.8 Å². The van der Waals surface area contributed by atoms with Crippen molar-refractivity contribution in [3.8, 4) is 0 Å². The van der Waals surface area contributed by atoms with E-state index in [-0.39, 0.29) is 37.0 Å². The van der Waals surface area contributed by atoms with Crippen LogP contribution in [0, 0.1) is 5.92 Å². The van der Waals surface area contributed by atoms with Gasteiger partial charge in [-0.25, -0.2) is 4.79 Å². The van der Waals surface area contributed by atoms with Crippen LogP contribution in [0.25, 0.3) is 0 Å². The van der Waals surface area contributed by atoms with Crippen molar-refractivity contribution in [2.24, 2.45) is 33.8 Å². The van der Waals surface area contributed by atoms with Gasteiger partial charge < -0.3 is 44.0 Å². The highest BCUT2D eigenvalue weighted by Crippen LogP contribution is 2.09. The molecule has 0 aliphatic rings. The molecular formula is C21H42N8O5S. The number of unbranched alkanes of at least 4 members (excludes halogenated alkanes) is 1. The molecule has 13 nitrogen and oxygen atoms in total. The number of aliphatic imine (C=N–C) groups is 1. The lowest BCUT2D eigenvalue weighted by atomic mass is 10.0. The average molecular weight is 519 g/mol. The molecular weight excluding hydrogens is 476 g/mol. The normalized spacial score (nSPS) is 14.3. The number of carbonyl (C=O) groups excluding carboxylic acids is 3. The number of carbonyl (C=O) groups is 4. The smallest absolute Gasteiger partial charge is 0.326 e. The van der Waals surface area contributed by atoms with Gasteiger partial charge in [0.1, 0.15) is 18.1 Å². The Labute approximate surface area is 212 Å². The molecule has 0 saturated heterocycles. The van der Waals surface area contributed by atoms with Crippen LogP contribution >= 0.6 is 12.6 Å². The zero-order chi connectivity index (χ0) is 27.0. The molecule has 3 amide bonds. The van der Waals surface area contributed by atoms with Crippen molar-refractivity contribution in [3.63, 3.8) is 0 Å². The molecule has 0 heterocycles. The molecule has 202 valence electrons. The third-order valence-electron chi connectivity index (χ3n) is 5.01. The van der Waals surface area contributed by atoms with Crippen LogP contribution in [0.2, 0.25) is 0 Å². The third kappa shape index (κ3) is 14.4. The first kappa shape index (κ1) is 32.4. The van der Waals surface area contributed by atoms with Gasteiger partial charge in [-0.3, -0.25) is 19.4 Å². The van der Waals surface area contributed by atoms with Gasteiger partial charge in [-0.2, -0.15) is 12.6 Å². The molecule has 0 aliphatic heterocycles. The Hall–Kier alpha value is -2.58. The second kappa shape index (κ2) is 17.8. The Morgan fingerprint density at radius 1 is 0.886 bits per heavy atom. The predicted molar refractivity (Wildman–Crippen MR) is 138 cm³/mol. The van der Waals surface area contributed by atoms with Crippen LogP contribution in [-0.4, -0.2) is 77.8 Å². The minimum Gasteiger partial charge on any atom is -0.480 e. The van der Waals surface area contributed by atoms with Crippen LogP contribution in [0.15, 0.2) is 4.99 Å². The van der Waals surface area contributed by atoms with E-state index in [4.69, 9.17) is 22.9 Å². The molecule has 0 rings (SSSR count). The number of rotatable bonds is 18. The lowest BCUT2D eigenvalue weighted by molar-refractivity contribution is -0.142. The first-order valence-corrected chi connectivity index (χ1v) is 12.3. The highest BCUT2D eigenvalue weighted by Gasteiger charge is 2.30. The van der Waals surface area contributed by atoms with Crippen molar-refractivity contribution in [3.05, 3.63) is 0 Å². The summed E-state index contributed by atoms with van der Waals surface area (Å²) < 4.78 is 0. The molecule has 0 aromatic carbocycles. The number of guanidine groups is 1. The molecule has 0 fully saturated rings. The number of amides is 3. The van der Waals surface area contributed by atoms with E-state index in [1.54, 1.807) is 0 Å². The fourth-order valence-corrected chi connectivity index (χ4v) is 3.30. The molecule has 35 heavy (non-hydrogen) atoms. The quantitative estimate of drug-likeness (QED) is 0.0421. The summed E-state index contributed by atoms with van der Waals surface area (Å²) in [6, 6.07) is -4.02. The zero-order valence-electron chi connectivity index (χ0n) is 20.5. The Morgan fingerprint density at radius 3 is 1.94 bits per heavy atom. The highest BCUT2D eigenvalue weighted by atomic mass is 32.1. The van der Waals surface area contributed by atoms with Crippen molar-refractivity contribution < 1.29 is 24.3 Å². The van der Waals surface area contributed by atoms with Gasteiger partial charge in [-0.15, -0.1) is 0 Å². The summed E-state index contributed by atoms with van der Waals surface area (Å²) in [6.45, 7) is 4.38. The van der Waals surface area contributed by atoms with Gasteiger partial charge >= 0.3 is 5.97 Å². The highest BCUT2D eigenvalue weighted by molar-refractivity contribution is 7.80. The van der Waals surface area contributed by atoms with E-state index in [0.717, 1.165) is 0 Å².